The number of anilines is 1. The van der Waals surface area contributed by atoms with Crippen molar-refractivity contribution in [3.05, 3.63) is 65.7 Å². The minimum absolute atomic E-state index is 0.0431. The quantitative estimate of drug-likeness (QED) is 0.660. The van der Waals surface area contributed by atoms with Gasteiger partial charge in [-0.25, -0.2) is 8.78 Å². The molecule has 2 rings (SSSR count). The topological polar surface area (TPSA) is 24.4 Å². The van der Waals surface area contributed by atoms with E-state index in [2.05, 4.69) is 10.5 Å². The molecule has 0 aromatic heterocycles. The largest absolute Gasteiger partial charge is 0.277 e. The lowest BCUT2D eigenvalue weighted by atomic mass is 10.2. The lowest BCUT2D eigenvalue weighted by Crippen LogP contribution is -2.00. The van der Waals surface area contributed by atoms with Gasteiger partial charge in [-0.05, 0) is 24.3 Å². The van der Waals surface area contributed by atoms with Gasteiger partial charge in [0.05, 0.1) is 5.69 Å². The molecule has 0 spiro atoms. The van der Waals surface area contributed by atoms with E-state index in [1.165, 1.54) is 6.07 Å². The number of rotatable bonds is 3. The second-order valence-corrected chi connectivity index (χ2v) is 3.86. The zero-order valence-corrected chi connectivity index (χ0v) is 9.96. The van der Waals surface area contributed by atoms with E-state index >= 15 is 0 Å². The van der Waals surface area contributed by atoms with Crippen molar-refractivity contribution in [3.63, 3.8) is 0 Å². The van der Waals surface area contributed by atoms with E-state index in [1.807, 2.05) is 18.2 Å². The van der Waals surface area contributed by atoms with Crippen LogP contribution in [-0.4, -0.2) is 5.17 Å². The highest BCUT2D eigenvalue weighted by atomic mass is 35.5. The number of benzene rings is 2. The van der Waals surface area contributed by atoms with Gasteiger partial charge < -0.3 is 0 Å². The number of nitrogens with zero attached hydrogens (tertiary/aromatic N) is 1. The molecule has 0 aliphatic heterocycles. The lowest BCUT2D eigenvalue weighted by Gasteiger charge is -2.03. The maximum Gasteiger partial charge on any atom is 0.159 e. The van der Waals surface area contributed by atoms with E-state index in [-0.39, 0.29) is 10.7 Å². The Morgan fingerprint density at radius 3 is 2.44 bits per heavy atom. The van der Waals surface area contributed by atoms with Gasteiger partial charge in [0, 0.05) is 11.6 Å². The average Bonchev–Trinajstić information content (AvgIpc) is 2.37. The monoisotopic (exact) mass is 266 g/mol. The molecule has 0 amide bonds. The Morgan fingerprint density at radius 1 is 1.06 bits per heavy atom. The van der Waals surface area contributed by atoms with Crippen molar-refractivity contribution < 1.29 is 8.78 Å². The first-order valence-corrected chi connectivity index (χ1v) is 5.54. The van der Waals surface area contributed by atoms with Gasteiger partial charge in [0.15, 0.2) is 5.17 Å². The van der Waals surface area contributed by atoms with Gasteiger partial charge in [0.1, 0.15) is 11.6 Å². The van der Waals surface area contributed by atoms with Crippen LogP contribution in [-0.2, 0) is 0 Å². The van der Waals surface area contributed by atoms with Gasteiger partial charge in [-0.3, -0.25) is 5.43 Å². The summed E-state index contributed by atoms with van der Waals surface area (Å²) in [6, 6.07) is 12.2. The Kier molecular flexibility index (Phi) is 3.89. The van der Waals surface area contributed by atoms with E-state index < -0.39 is 11.6 Å². The maximum atomic E-state index is 13.4. The van der Waals surface area contributed by atoms with Crippen molar-refractivity contribution in [2.45, 2.75) is 0 Å². The molecule has 1 N–H and O–H groups in total. The normalized spacial score (nSPS) is 11.4. The summed E-state index contributed by atoms with van der Waals surface area (Å²) in [7, 11) is 0. The Balaban J connectivity index is 2.18. The zero-order valence-electron chi connectivity index (χ0n) is 9.20. The smallest absolute Gasteiger partial charge is 0.159 e. The summed E-state index contributed by atoms with van der Waals surface area (Å²) >= 11 is 5.84. The predicted molar refractivity (Wildman–Crippen MR) is 68.8 cm³/mol. The van der Waals surface area contributed by atoms with E-state index in [4.69, 9.17) is 11.6 Å². The number of para-hydroxylation sites is 1. The molecule has 0 bridgehead atoms. The second-order valence-electron chi connectivity index (χ2n) is 3.50. The van der Waals surface area contributed by atoms with Crippen molar-refractivity contribution in [1.29, 1.82) is 0 Å². The van der Waals surface area contributed by atoms with Crippen molar-refractivity contribution in [1.82, 2.24) is 0 Å². The van der Waals surface area contributed by atoms with Crippen LogP contribution in [0.25, 0.3) is 0 Å². The molecule has 0 aliphatic rings. The molecule has 0 heterocycles. The van der Waals surface area contributed by atoms with E-state index in [0.717, 1.165) is 17.8 Å². The molecule has 5 heteroatoms. The molecule has 0 saturated heterocycles. The molecular formula is C13H9ClF2N2. The average molecular weight is 267 g/mol. The van der Waals surface area contributed by atoms with E-state index in [9.17, 15) is 8.78 Å². The molecule has 92 valence electrons. The Bertz CT molecular complexity index is 570. The van der Waals surface area contributed by atoms with Crippen LogP contribution in [0, 0.1) is 11.6 Å². The molecule has 0 radical (unpaired) electrons. The summed E-state index contributed by atoms with van der Waals surface area (Å²) < 4.78 is 26.1. The van der Waals surface area contributed by atoms with Crippen molar-refractivity contribution >= 4 is 22.5 Å². The molecule has 0 unspecified atom stereocenters. The fourth-order valence-electron chi connectivity index (χ4n) is 1.34. The molecule has 2 aromatic rings. The van der Waals surface area contributed by atoms with Crippen LogP contribution in [0.5, 0.6) is 0 Å². The third-order valence-corrected chi connectivity index (χ3v) is 2.50. The number of hydrogen-bond donors (Lipinski definition) is 1. The van der Waals surface area contributed by atoms with Gasteiger partial charge in [-0.2, -0.15) is 5.10 Å². The van der Waals surface area contributed by atoms with Gasteiger partial charge >= 0.3 is 0 Å². The molecule has 2 nitrogen and oxygen atoms in total. The SMILES string of the molecule is Fc1ccc(C(Cl)=NNc2ccccc2)c(F)c1. The third-order valence-electron chi connectivity index (χ3n) is 2.21. The van der Waals surface area contributed by atoms with Gasteiger partial charge in [-0.15, -0.1) is 0 Å². The zero-order chi connectivity index (χ0) is 13.0. The molecule has 18 heavy (non-hydrogen) atoms. The van der Waals surface area contributed by atoms with Crippen LogP contribution in [0.15, 0.2) is 53.6 Å². The fraction of sp³-hybridized carbons (Fsp3) is 0. The van der Waals surface area contributed by atoms with E-state index in [0.29, 0.717) is 0 Å². The summed E-state index contributed by atoms with van der Waals surface area (Å²) in [4.78, 5) is 0. The van der Waals surface area contributed by atoms with Gasteiger partial charge in [0.2, 0.25) is 0 Å². The number of halogens is 3. The number of nitrogens with one attached hydrogen (secondary N) is 1. The molecular weight excluding hydrogens is 258 g/mol. The standard InChI is InChI=1S/C13H9ClF2N2/c14-13(11-7-6-9(15)8-12(11)16)18-17-10-4-2-1-3-5-10/h1-8,17H. The molecule has 2 aromatic carbocycles. The highest BCUT2D eigenvalue weighted by molar-refractivity contribution is 6.69. The van der Waals surface area contributed by atoms with Crippen LogP contribution < -0.4 is 5.43 Å². The van der Waals surface area contributed by atoms with Crippen molar-refractivity contribution in [3.8, 4) is 0 Å². The number of hydrazone groups is 1. The summed E-state index contributed by atoms with van der Waals surface area (Å²) in [5.74, 6) is -1.41. The second kappa shape index (κ2) is 5.60. The van der Waals surface area contributed by atoms with Crippen LogP contribution in [0.2, 0.25) is 0 Å². The molecule has 0 atom stereocenters. The highest BCUT2D eigenvalue weighted by Crippen LogP contribution is 2.13. The predicted octanol–water partition coefficient (Wildman–Crippen LogP) is 3.98. The van der Waals surface area contributed by atoms with Crippen molar-refractivity contribution in [2.75, 3.05) is 5.43 Å². The van der Waals surface area contributed by atoms with Crippen LogP contribution >= 0.6 is 11.6 Å². The molecule has 0 aliphatic carbocycles. The minimum Gasteiger partial charge on any atom is -0.277 e. The summed E-state index contributed by atoms with van der Waals surface area (Å²) in [5.41, 5.74) is 3.44. The molecule has 0 fully saturated rings. The minimum atomic E-state index is -0.751. The first-order valence-electron chi connectivity index (χ1n) is 5.16. The first-order chi connectivity index (χ1) is 8.66. The lowest BCUT2D eigenvalue weighted by molar-refractivity contribution is 0.582. The van der Waals surface area contributed by atoms with Crippen LogP contribution in [0.3, 0.4) is 0 Å². The van der Waals surface area contributed by atoms with Gasteiger partial charge in [-0.1, -0.05) is 29.8 Å². The molecule has 0 saturated carbocycles. The third kappa shape index (κ3) is 3.05. The summed E-state index contributed by atoms with van der Waals surface area (Å²) in [5, 5.41) is 3.75. The van der Waals surface area contributed by atoms with Crippen molar-refractivity contribution in [2.24, 2.45) is 5.10 Å². The van der Waals surface area contributed by atoms with E-state index in [1.54, 1.807) is 12.1 Å². The first kappa shape index (κ1) is 12.5. The van der Waals surface area contributed by atoms with Crippen LogP contribution in [0.4, 0.5) is 14.5 Å². The van der Waals surface area contributed by atoms with Gasteiger partial charge in [0.25, 0.3) is 0 Å². The summed E-state index contributed by atoms with van der Waals surface area (Å²) in [6.45, 7) is 0. The maximum absolute atomic E-state index is 13.4. The fourth-order valence-corrected chi connectivity index (χ4v) is 1.54. The Labute approximate surface area is 108 Å². The number of hydrogen-bond acceptors (Lipinski definition) is 2. The van der Waals surface area contributed by atoms with Crippen LogP contribution in [0.1, 0.15) is 5.56 Å². The summed E-state index contributed by atoms with van der Waals surface area (Å²) in [6.07, 6.45) is 0. The highest BCUT2D eigenvalue weighted by Gasteiger charge is 2.08. The Morgan fingerprint density at radius 2 is 1.78 bits per heavy atom. The Hall–Kier alpha value is -1.94.